The third kappa shape index (κ3) is 112. The van der Waals surface area contributed by atoms with Gasteiger partial charge in [-0.2, -0.15) is 0 Å². The zero-order valence-corrected chi connectivity index (χ0v) is 36.3. The first-order valence-electron chi connectivity index (χ1n) is 20.3. The first-order valence-corrected chi connectivity index (χ1v) is 20.3. The number of amides is 2. The van der Waals surface area contributed by atoms with Crippen molar-refractivity contribution < 1.29 is 9.53 Å². The third-order valence-corrected chi connectivity index (χ3v) is 4.17. The van der Waals surface area contributed by atoms with E-state index in [4.69, 9.17) is 4.74 Å². The SMILES string of the molecule is C1CCNC1.C1CCNCC1.C1CNCN1.C1COC1.CC.CC.CC.CC.CC.CC.CC.CC.CC.CC.O=C1NCCN1. The van der Waals surface area contributed by atoms with Gasteiger partial charge in [-0.3, -0.25) is 0 Å². The second-order valence-corrected chi connectivity index (χ2v) is 6.59. The molecule has 8 heteroatoms. The van der Waals surface area contributed by atoms with Crippen LogP contribution in [0.15, 0.2) is 0 Å². The van der Waals surface area contributed by atoms with Crippen LogP contribution in [0.25, 0.3) is 0 Å². The van der Waals surface area contributed by atoms with Crippen molar-refractivity contribution in [2.75, 3.05) is 72.2 Å². The fourth-order valence-electron chi connectivity index (χ4n) is 2.43. The number of urea groups is 1. The van der Waals surface area contributed by atoms with Crippen LogP contribution in [0.5, 0.6) is 0 Å². The minimum absolute atomic E-state index is 0.0463. The first kappa shape index (κ1) is 71.2. The number of carbonyl (C=O) groups excluding carboxylic acids is 1. The van der Waals surface area contributed by atoms with Crippen LogP contribution in [0.3, 0.4) is 0 Å². The predicted octanol–water partition coefficient (Wildman–Crippen LogP) is 10.2. The molecule has 5 saturated heterocycles. The highest BCUT2D eigenvalue weighted by Crippen LogP contribution is 1.96. The van der Waals surface area contributed by atoms with E-state index in [1.165, 1.54) is 64.7 Å². The Kier molecular flexibility index (Phi) is 186. The molecule has 0 atom stereocenters. The first-order chi connectivity index (χ1) is 22.9. The molecule has 46 heavy (non-hydrogen) atoms. The maximum atomic E-state index is 10.0. The monoisotopic (exact) mass is 673 g/mol. The molecule has 294 valence electrons. The van der Waals surface area contributed by atoms with Crippen LogP contribution >= 0.6 is 0 Å². The van der Waals surface area contributed by atoms with E-state index in [1.54, 1.807) is 0 Å². The minimum Gasteiger partial charge on any atom is -0.381 e. The summed E-state index contributed by atoms with van der Waals surface area (Å²) in [4.78, 5) is 10.0. The molecular formula is C38H100N6O2. The minimum atomic E-state index is -0.0463. The Labute approximate surface area is 296 Å². The number of carbonyl (C=O) groups is 1. The van der Waals surface area contributed by atoms with Crippen LogP contribution in [0.4, 0.5) is 4.79 Å². The molecule has 0 spiro atoms. The fourth-order valence-corrected chi connectivity index (χ4v) is 2.43. The topological polar surface area (TPSA) is 98.5 Å². The van der Waals surface area contributed by atoms with Gasteiger partial charge in [-0.25, -0.2) is 4.79 Å². The second kappa shape index (κ2) is 120. The molecule has 0 aliphatic carbocycles. The van der Waals surface area contributed by atoms with Crippen LogP contribution in [-0.2, 0) is 4.74 Å². The molecule has 5 fully saturated rings. The standard InChI is InChI=1S/C5H11N.C4H9N.C3H6N2O.C3H8N2.C3H6O.10C2H6/c1-2-4-6-5-3-1;1-2-4-5-3-1;6-3-4-1-2-5-3;1-2-5-3-4-1;1-2-4-3-1;10*1-2/h6H,1-5H2;5H,1-4H2;1-2H2,(H2,4,5,6);4-5H,1-3H2;1-3H2;10*1-2H3. The molecule has 5 heterocycles. The van der Waals surface area contributed by atoms with Crippen molar-refractivity contribution in [2.24, 2.45) is 0 Å². The molecule has 2 amide bonds. The van der Waals surface area contributed by atoms with Crippen molar-refractivity contribution >= 4 is 6.03 Å². The van der Waals surface area contributed by atoms with Crippen molar-refractivity contribution in [1.29, 1.82) is 0 Å². The number of ether oxygens (including phenoxy) is 1. The largest absolute Gasteiger partial charge is 0.381 e. The lowest BCUT2D eigenvalue weighted by Gasteiger charge is -2.09. The predicted molar refractivity (Wildman–Crippen MR) is 220 cm³/mol. The maximum absolute atomic E-state index is 10.0. The van der Waals surface area contributed by atoms with Crippen molar-refractivity contribution in [2.45, 2.75) is 177 Å². The average molecular weight is 673 g/mol. The van der Waals surface area contributed by atoms with Gasteiger partial charge in [0.25, 0.3) is 0 Å². The number of piperidine rings is 1. The number of nitrogens with one attached hydrogen (secondary N) is 6. The van der Waals surface area contributed by atoms with E-state index in [9.17, 15) is 4.79 Å². The average Bonchev–Trinajstić information content (AvgIpc) is 4.02. The van der Waals surface area contributed by atoms with Gasteiger partial charge in [0.1, 0.15) is 0 Å². The lowest BCUT2D eigenvalue weighted by atomic mass is 10.2. The van der Waals surface area contributed by atoms with Crippen molar-refractivity contribution in [3.05, 3.63) is 0 Å². The highest BCUT2D eigenvalue weighted by atomic mass is 16.5. The number of hydrogen-bond donors (Lipinski definition) is 6. The van der Waals surface area contributed by atoms with Gasteiger partial charge < -0.3 is 36.6 Å². The second-order valence-electron chi connectivity index (χ2n) is 6.59. The zero-order valence-electron chi connectivity index (χ0n) is 36.3. The maximum Gasteiger partial charge on any atom is 0.314 e. The molecule has 0 aromatic carbocycles. The molecule has 0 aromatic heterocycles. The molecule has 8 nitrogen and oxygen atoms in total. The summed E-state index contributed by atoms with van der Waals surface area (Å²) in [7, 11) is 0. The summed E-state index contributed by atoms with van der Waals surface area (Å²) in [6.45, 7) is 51.8. The van der Waals surface area contributed by atoms with E-state index in [0.29, 0.717) is 0 Å². The summed E-state index contributed by atoms with van der Waals surface area (Å²) in [5.41, 5.74) is 0. The summed E-state index contributed by atoms with van der Waals surface area (Å²) in [5.74, 6) is 0. The molecule has 6 N–H and O–H groups in total. The van der Waals surface area contributed by atoms with Gasteiger partial charge >= 0.3 is 6.03 Å². The Morgan fingerprint density at radius 2 is 0.587 bits per heavy atom. The van der Waals surface area contributed by atoms with Crippen molar-refractivity contribution in [1.82, 2.24) is 31.9 Å². The van der Waals surface area contributed by atoms with E-state index in [0.717, 1.165) is 46.1 Å². The van der Waals surface area contributed by atoms with Crippen LogP contribution in [-0.4, -0.2) is 78.3 Å². The van der Waals surface area contributed by atoms with E-state index >= 15 is 0 Å². The number of rotatable bonds is 0. The summed E-state index contributed by atoms with van der Waals surface area (Å²) < 4.78 is 4.72. The zero-order chi connectivity index (χ0) is 38.5. The van der Waals surface area contributed by atoms with Gasteiger partial charge in [0, 0.05) is 46.1 Å². The Morgan fingerprint density at radius 1 is 0.348 bits per heavy atom. The van der Waals surface area contributed by atoms with Crippen molar-refractivity contribution in [3.8, 4) is 0 Å². The molecule has 0 aromatic rings. The van der Waals surface area contributed by atoms with E-state index in [2.05, 4.69) is 31.9 Å². The summed E-state index contributed by atoms with van der Waals surface area (Å²) in [6.07, 6.45) is 8.27. The van der Waals surface area contributed by atoms with E-state index < -0.39 is 0 Å². The molecule has 0 bridgehead atoms. The Bertz CT molecular complexity index is 263. The summed E-state index contributed by atoms with van der Waals surface area (Å²) in [5, 5.41) is 17.9. The van der Waals surface area contributed by atoms with Crippen LogP contribution in [0, 0.1) is 0 Å². The highest BCUT2D eigenvalue weighted by Gasteiger charge is 2.03. The highest BCUT2D eigenvalue weighted by molar-refractivity contribution is 5.75. The van der Waals surface area contributed by atoms with Crippen LogP contribution < -0.4 is 31.9 Å². The van der Waals surface area contributed by atoms with Gasteiger partial charge in [0.2, 0.25) is 0 Å². The van der Waals surface area contributed by atoms with Gasteiger partial charge in [0.15, 0.2) is 0 Å². The van der Waals surface area contributed by atoms with Gasteiger partial charge in [-0.15, -0.1) is 0 Å². The molecule has 0 saturated carbocycles. The fraction of sp³-hybridized carbons (Fsp3) is 0.974. The van der Waals surface area contributed by atoms with Crippen LogP contribution in [0.2, 0.25) is 0 Å². The van der Waals surface area contributed by atoms with Gasteiger partial charge in [-0.05, 0) is 58.3 Å². The molecule has 5 aliphatic rings. The normalized spacial score (nSPS) is 14.3. The number of hydrogen-bond acceptors (Lipinski definition) is 6. The Hall–Kier alpha value is -0.930. The van der Waals surface area contributed by atoms with Crippen LogP contribution in [0.1, 0.15) is 177 Å². The molecule has 5 aliphatic heterocycles. The molecular weight excluding hydrogens is 572 g/mol. The third-order valence-electron chi connectivity index (χ3n) is 4.17. The van der Waals surface area contributed by atoms with Crippen molar-refractivity contribution in [3.63, 3.8) is 0 Å². The molecule has 0 unspecified atom stereocenters. The van der Waals surface area contributed by atoms with E-state index in [-0.39, 0.29) is 6.03 Å². The quantitative estimate of drug-likeness (QED) is 0.153. The molecule has 5 rings (SSSR count). The van der Waals surface area contributed by atoms with E-state index in [1.807, 2.05) is 138 Å². The summed E-state index contributed by atoms with van der Waals surface area (Å²) >= 11 is 0. The summed E-state index contributed by atoms with van der Waals surface area (Å²) in [6, 6.07) is -0.0463. The van der Waals surface area contributed by atoms with Gasteiger partial charge in [0.05, 0.1) is 0 Å². The smallest absolute Gasteiger partial charge is 0.314 e. The Balaban J connectivity index is -0.0000000390. The van der Waals surface area contributed by atoms with Gasteiger partial charge in [-0.1, -0.05) is 145 Å². The lowest BCUT2D eigenvalue weighted by molar-refractivity contribution is 0.0367. The molecule has 0 radical (unpaired) electrons. The lowest BCUT2D eigenvalue weighted by Crippen LogP contribution is -2.21. The Morgan fingerprint density at radius 3 is 0.674 bits per heavy atom.